The third kappa shape index (κ3) is 4.18. The molecule has 0 N–H and O–H groups in total. The van der Waals surface area contributed by atoms with Gasteiger partial charge in [0.05, 0.1) is 31.6 Å². The molecule has 0 aliphatic heterocycles. The van der Waals surface area contributed by atoms with Crippen LogP contribution in [0.1, 0.15) is 44.2 Å². The number of benzene rings is 1. The molecule has 6 heteroatoms. The Labute approximate surface area is 148 Å². The van der Waals surface area contributed by atoms with Crippen LogP contribution in [0.3, 0.4) is 0 Å². The van der Waals surface area contributed by atoms with Gasteiger partial charge in [-0.15, -0.1) is 0 Å². The number of fused-ring (bicyclic) bond motifs is 1. The van der Waals surface area contributed by atoms with E-state index in [2.05, 4.69) is 0 Å². The zero-order valence-electron chi connectivity index (χ0n) is 15.1. The smallest absolute Gasteiger partial charge is 0.308 e. The highest BCUT2D eigenvalue weighted by molar-refractivity contribution is 5.72. The number of esters is 2. The Balaban J connectivity index is 2.29. The first-order valence-corrected chi connectivity index (χ1v) is 8.75. The molecular weight excluding hydrogens is 325 g/mol. The van der Waals surface area contributed by atoms with Gasteiger partial charge in [-0.3, -0.25) is 14.5 Å². The van der Waals surface area contributed by atoms with Crippen molar-refractivity contribution in [1.29, 1.82) is 0 Å². The van der Waals surface area contributed by atoms with Crippen molar-refractivity contribution in [1.82, 2.24) is 4.90 Å². The van der Waals surface area contributed by atoms with Crippen molar-refractivity contribution in [2.75, 3.05) is 26.8 Å². The highest BCUT2D eigenvalue weighted by atomic mass is 19.1. The minimum atomic E-state index is -0.792. The quantitative estimate of drug-likeness (QED) is 0.674. The van der Waals surface area contributed by atoms with Gasteiger partial charge in [-0.25, -0.2) is 4.39 Å². The summed E-state index contributed by atoms with van der Waals surface area (Å²) in [7, 11) is 1.82. The van der Waals surface area contributed by atoms with Crippen LogP contribution in [0.5, 0.6) is 0 Å². The van der Waals surface area contributed by atoms with Gasteiger partial charge in [-0.1, -0.05) is 12.1 Å². The molecule has 0 amide bonds. The largest absolute Gasteiger partial charge is 0.466 e. The molecule has 1 aromatic rings. The number of nitrogens with zero attached hydrogens (tertiary/aromatic N) is 1. The number of hydrogen-bond donors (Lipinski definition) is 0. The predicted octanol–water partition coefficient (Wildman–Crippen LogP) is 2.81. The molecule has 0 saturated heterocycles. The van der Waals surface area contributed by atoms with Gasteiger partial charge in [-0.05, 0) is 45.4 Å². The highest BCUT2D eigenvalue weighted by Crippen LogP contribution is 2.45. The number of rotatable bonds is 8. The van der Waals surface area contributed by atoms with Crippen LogP contribution in [-0.2, 0) is 31.0 Å². The summed E-state index contributed by atoms with van der Waals surface area (Å²) in [5, 5.41) is 0. The van der Waals surface area contributed by atoms with Crippen LogP contribution in [-0.4, -0.2) is 43.6 Å². The van der Waals surface area contributed by atoms with E-state index < -0.39 is 5.54 Å². The van der Waals surface area contributed by atoms with Crippen molar-refractivity contribution < 1.29 is 23.5 Å². The van der Waals surface area contributed by atoms with Crippen LogP contribution >= 0.6 is 0 Å². The minimum Gasteiger partial charge on any atom is -0.466 e. The molecule has 1 atom stereocenters. The number of carbonyl (C=O) groups is 2. The molecule has 1 aliphatic rings. The van der Waals surface area contributed by atoms with E-state index in [0.29, 0.717) is 31.6 Å². The minimum absolute atomic E-state index is 0.0636. The van der Waals surface area contributed by atoms with Gasteiger partial charge in [0.25, 0.3) is 0 Å². The molecule has 0 bridgehead atoms. The van der Waals surface area contributed by atoms with E-state index in [4.69, 9.17) is 9.47 Å². The predicted molar refractivity (Wildman–Crippen MR) is 91.5 cm³/mol. The maximum absolute atomic E-state index is 14.6. The van der Waals surface area contributed by atoms with Gasteiger partial charge < -0.3 is 9.47 Å². The summed E-state index contributed by atoms with van der Waals surface area (Å²) in [5.41, 5.74) is 0.668. The van der Waals surface area contributed by atoms with Crippen LogP contribution in [0.15, 0.2) is 18.2 Å². The maximum Gasteiger partial charge on any atom is 0.308 e. The Morgan fingerprint density at radius 3 is 2.56 bits per heavy atom. The van der Waals surface area contributed by atoms with Crippen LogP contribution < -0.4 is 0 Å². The third-order valence-electron chi connectivity index (χ3n) is 4.80. The zero-order valence-corrected chi connectivity index (χ0v) is 15.1. The Bertz CT molecular complexity index is 634. The second kappa shape index (κ2) is 8.43. The Morgan fingerprint density at radius 1 is 1.20 bits per heavy atom. The van der Waals surface area contributed by atoms with E-state index in [1.54, 1.807) is 19.9 Å². The number of hydrogen-bond acceptors (Lipinski definition) is 5. The van der Waals surface area contributed by atoms with Gasteiger partial charge in [0.2, 0.25) is 0 Å². The molecule has 0 aromatic heterocycles. The van der Waals surface area contributed by atoms with E-state index in [-0.39, 0.29) is 37.2 Å². The first-order chi connectivity index (χ1) is 11.9. The van der Waals surface area contributed by atoms with Crippen molar-refractivity contribution in [3.63, 3.8) is 0 Å². The van der Waals surface area contributed by atoms with Gasteiger partial charge in [-0.2, -0.15) is 0 Å². The average molecular weight is 351 g/mol. The van der Waals surface area contributed by atoms with E-state index >= 15 is 0 Å². The lowest BCUT2D eigenvalue weighted by Crippen LogP contribution is -2.45. The molecule has 1 aromatic carbocycles. The molecule has 0 heterocycles. The third-order valence-corrected chi connectivity index (χ3v) is 4.80. The summed E-state index contributed by atoms with van der Waals surface area (Å²) >= 11 is 0. The summed E-state index contributed by atoms with van der Waals surface area (Å²) in [6.07, 6.45) is 1.56. The molecule has 138 valence electrons. The van der Waals surface area contributed by atoms with E-state index in [9.17, 15) is 14.0 Å². The van der Waals surface area contributed by atoms with Crippen LogP contribution in [0, 0.1) is 5.82 Å². The molecule has 1 aliphatic carbocycles. The SMILES string of the molecule is CCOC(=O)CCN(C)C1(CC(=O)OCC)CCc2cccc(F)c21. The monoisotopic (exact) mass is 351 g/mol. The summed E-state index contributed by atoms with van der Waals surface area (Å²) in [6.45, 7) is 4.50. The number of ether oxygens (including phenoxy) is 2. The summed E-state index contributed by atoms with van der Waals surface area (Å²) in [5.74, 6) is -0.976. The Kier molecular flexibility index (Phi) is 6.53. The van der Waals surface area contributed by atoms with Crippen LogP contribution in [0.25, 0.3) is 0 Å². The van der Waals surface area contributed by atoms with E-state index in [1.165, 1.54) is 6.07 Å². The number of halogens is 1. The lowest BCUT2D eigenvalue weighted by Gasteiger charge is -2.39. The van der Waals surface area contributed by atoms with E-state index in [1.807, 2.05) is 18.0 Å². The fourth-order valence-corrected chi connectivity index (χ4v) is 3.62. The lowest BCUT2D eigenvalue weighted by atomic mass is 9.86. The van der Waals surface area contributed by atoms with Crippen molar-refractivity contribution in [3.8, 4) is 0 Å². The molecule has 0 spiro atoms. The summed E-state index contributed by atoms with van der Waals surface area (Å²) in [4.78, 5) is 25.8. The summed E-state index contributed by atoms with van der Waals surface area (Å²) in [6, 6.07) is 5.00. The number of carbonyl (C=O) groups excluding carboxylic acids is 2. The maximum atomic E-state index is 14.6. The van der Waals surface area contributed by atoms with Crippen LogP contribution in [0.4, 0.5) is 4.39 Å². The van der Waals surface area contributed by atoms with Crippen molar-refractivity contribution in [2.24, 2.45) is 0 Å². The topological polar surface area (TPSA) is 55.8 Å². The fraction of sp³-hybridized carbons (Fsp3) is 0.579. The fourth-order valence-electron chi connectivity index (χ4n) is 3.62. The van der Waals surface area contributed by atoms with Crippen LogP contribution in [0.2, 0.25) is 0 Å². The van der Waals surface area contributed by atoms with Gasteiger partial charge in [0.15, 0.2) is 0 Å². The molecule has 25 heavy (non-hydrogen) atoms. The lowest BCUT2D eigenvalue weighted by molar-refractivity contribution is -0.147. The highest BCUT2D eigenvalue weighted by Gasteiger charge is 2.46. The molecule has 5 nitrogen and oxygen atoms in total. The Hall–Kier alpha value is -1.95. The zero-order chi connectivity index (χ0) is 18.4. The molecule has 1 unspecified atom stereocenters. The van der Waals surface area contributed by atoms with Crippen molar-refractivity contribution in [3.05, 3.63) is 35.1 Å². The molecular formula is C19H26FNO4. The second-order valence-corrected chi connectivity index (χ2v) is 6.26. The summed E-state index contributed by atoms with van der Waals surface area (Å²) < 4.78 is 24.7. The molecule has 0 fully saturated rings. The normalized spacial score (nSPS) is 18.9. The van der Waals surface area contributed by atoms with Crippen molar-refractivity contribution >= 4 is 11.9 Å². The average Bonchev–Trinajstić information content (AvgIpc) is 2.94. The number of aryl methyl sites for hydroxylation is 1. The van der Waals surface area contributed by atoms with Gasteiger partial charge in [0.1, 0.15) is 5.82 Å². The molecule has 0 saturated carbocycles. The van der Waals surface area contributed by atoms with Crippen molar-refractivity contribution in [2.45, 2.75) is 45.1 Å². The second-order valence-electron chi connectivity index (χ2n) is 6.26. The van der Waals surface area contributed by atoms with E-state index in [0.717, 1.165) is 5.56 Å². The molecule has 0 radical (unpaired) electrons. The standard InChI is InChI=1S/C19H26FNO4/c1-4-24-16(22)10-12-21(3)19(13-17(23)25-5-2)11-9-14-7-6-8-15(20)18(14)19/h6-8H,4-5,9-13H2,1-3H3. The Morgan fingerprint density at radius 2 is 1.88 bits per heavy atom. The van der Waals surface area contributed by atoms with Gasteiger partial charge in [0, 0.05) is 12.1 Å². The first-order valence-electron chi connectivity index (χ1n) is 8.75. The van der Waals surface area contributed by atoms with Gasteiger partial charge >= 0.3 is 11.9 Å². The molecule has 2 rings (SSSR count). The first kappa shape index (κ1) is 19.4.